The molecule has 0 atom stereocenters. The van der Waals surface area contributed by atoms with Gasteiger partial charge in [0.1, 0.15) is 5.75 Å². The Balaban J connectivity index is 1.59. The minimum atomic E-state index is -0.196. The van der Waals surface area contributed by atoms with E-state index in [4.69, 9.17) is 4.74 Å². The number of carbonyl (C=O) groups is 2. The standard InChI is InChI=1S/C22H26N2O3/c1-3-15-7-5-8-16(4-2)21(15)24-20(25)14-27-19-10-6-9-18(13-19)23-22(26)17-11-12-17/h5-10,13,17H,3-4,11-12,14H2,1-2H3,(H,23,26)(H,24,25). The summed E-state index contributed by atoms with van der Waals surface area (Å²) in [6, 6.07) is 13.2. The Labute approximate surface area is 160 Å². The van der Waals surface area contributed by atoms with Crippen molar-refractivity contribution in [2.75, 3.05) is 17.2 Å². The minimum Gasteiger partial charge on any atom is -0.484 e. The van der Waals surface area contributed by atoms with Crippen molar-refractivity contribution in [2.24, 2.45) is 5.92 Å². The SMILES string of the molecule is CCc1cccc(CC)c1NC(=O)COc1cccc(NC(=O)C2CC2)c1. The van der Waals surface area contributed by atoms with Crippen LogP contribution in [0.5, 0.6) is 5.75 Å². The molecule has 0 aromatic heterocycles. The number of ether oxygens (including phenoxy) is 1. The molecule has 1 aliphatic carbocycles. The van der Waals surface area contributed by atoms with Gasteiger partial charge in [-0.25, -0.2) is 0 Å². The number of aryl methyl sites for hydroxylation is 2. The molecule has 0 heterocycles. The predicted molar refractivity (Wildman–Crippen MR) is 107 cm³/mol. The quantitative estimate of drug-likeness (QED) is 0.736. The highest BCUT2D eigenvalue weighted by atomic mass is 16.5. The van der Waals surface area contributed by atoms with Crippen LogP contribution >= 0.6 is 0 Å². The molecule has 0 radical (unpaired) electrons. The van der Waals surface area contributed by atoms with Crippen LogP contribution in [0, 0.1) is 5.92 Å². The predicted octanol–water partition coefficient (Wildman–Crippen LogP) is 4.18. The number of carbonyl (C=O) groups excluding carboxylic acids is 2. The van der Waals surface area contributed by atoms with Gasteiger partial charge in [0.25, 0.3) is 5.91 Å². The van der Waals surface area contributed by atoms with Crippen molar-refractivity contribution in [2.45, 2.75) is 39.5 Å². The number of rotatable bonds is 8. The van der Waals surface area contributed by atoms with Gasteiger partial charge in [0.05, 0.1) is 0 Å². The normalized spacial score (nSPS) is 13.1. The molecule has 5 heteroatoms. The number of anilines is 2. The van der Waals surface area contributed by atoms with Gasteiger partial charge < -0.3 is 15.4 Å². The Morgan fingerprint density at radius 3 is 2.30 bits per heavy atom. The van der Waals surface area contributed by atoms with Crippen LogP contribution < -0.4 is 15.4 Å². The van der Waals surface area contributed by atoms with Crippen LogP contribution in [0.3, 0.4) is 0 Å². The second kappa shape index (κ2) is 8.71. The number of amides is 2. The van der Waals surface area contributed by atoms with E-state index in [0.717, 1.165) is 42.5 Å². The molecule has 0 aliphatic heterocycles. The van der Waals surface area contributed by atoms with Gasteiger partial charge in [-0.1, -0.05) is 38.1 Å². The van der Waals surface area contributed by atoms with Crippen molar-refractivity contribution in [3.8, 4) is 5.75 Å². The first-order chi connectivity index (χ1) is 13.1. The highest BCUT2D eigenvalue weighted by Crippen LogP contribution is 2.30. The summed E-state index contributed by atoms with van der Waals surface area (Å²) >= 11 is 0. The van der Waals surface area contributed by atoms with Crippen LogP contribution in [0.1, 0.15) is 37.8 Å². The van der Waals surface area contributed by atoms with Crippen LogP contribution in [-0.2, 0) is 22.4 Å². The molecule has 2 amide bonds. The van der Waals surface area contributed by atoms with E-state index in [0.29, 0.717) is 11.4 Å². The fraction of sp³-hybridized carbons (Fsp3) is 0.364. The Hall–Kier alpha value is -2.82. The van der Waals surface area contributed by atoms with Gasteiger partial charge in [-0.05, 0) is 48.9 Å². The molecule has 3 rings (SSSR count). The van der Waals surface area contributed by atoms with E-state index < -0.39 is 0 Å². The van der Waals surface area contributed by atoms with Crippen molar-refractivity contribution in [3.63, 3.8) is 0 Å². The summed E-state index contributed by atoms with van der Waals surface area (Å²) in [5, 5.41) is 5.87. The second-order valence-corrected chi connectivity index (χ2v) is 6.79. The fourth-order valence-electron chi connectivity index (χ4n) is 2.98. The third-order valence-electron chi connectivity index (χ3n) is 4.68. The van der Waals surface area contributed by atoms with Crippen LogP contribution in [-0.4, -0.2) is 18.4 Å². The van der Waals surface area contributed by atoms with Crippen molar-refractivity contribution >= 4 is 23.2 Å². The summed E-state index contributed by atoms with van der Waals surface area (Å²) in [7, 11) is 0. The van der Waals surface area contributed by atoms with E-state index in [1.54, 1.807) is 18.2 Å². The Kier molecular flexibility index (Phi) is 6.12. The average Bonchev–Trinajstić information content (AvgIpc) is 3.52. The molecule has 1 saturated carbocycles. The molecule has 142 valence electrons. The smallest absolute Gasteiger partial charge is 0.262 e. The van der Waals surface area contributed by atoms with E-state index in [2.05, 4.69) is 24.5 Å². The molecule has 5 nitrogen and oxygen atoms in total. The lowest BCUT2D eigenvalue weighted by molar-refractivity contribution is -0.118. The van der Waals surface area contributed by atoms with Crippen LogP contribution in [0.2, 0.25) is 0 Å². The monoisotopic (exact) mass is 366 g/mol. The molecule has 1 aliphatic rings. The van der Waals surface area contributed by atoms with Gasteiger partial charge in [-0.2, -0.15) is 0 Å². The molecule has 0 saturated heterocycles. The van der Waals surface area contributed by atoms with E-state index in [-0.39, 0.29) is 24.3 Å². The molecule has 0 spiro atoms. The molecular formula is C22H26N2O3. The zero-order valence-corrected chi connectivity index (χ0v) is 15.9. The van der Waals surface area contributed by atoms with Gasteiger partial charge in [0.2, 0.25) is 5.91 Å². The molecule has 2 N–H and O–H groups in total. The van der Waals surface area contributed by atoms with Crippen molar-refractivity contribution in [3.05, 3.63) is 53.6 Å². The third kappa shape index (κ3) is 5.09. The second-order valence-electron chi connectivity index (χ2n) is 6.79. The Morgan fingerprint density at radius 2 is 1.67 bits per heavy atom. The summed E-state index contributed by atoms with van der Waals surface area (Å²) < 4.78 is 5.62. The lowest BCUT2D eigenvalue weighted by Gasteiger charge is -2.15. The maximum atomic E-state index is 12.4. The summed E-state index contributed by atoms with van der Waals surface area (Å²) in [6.45, 7) is 4.06. The summed E-state index contributed by atoms with van der Waals surface area (Å²) in [5.41, 5.74) is 3.82. The van der Waals surface area contributed by atoms with Crippen molar-refractivity contribution in [1.82, 2.24) is 0 Å². The summed E-state index contributed by atoms with van der Waals surface area (Å²) in [4.78, 5) is 24.2. The summed E-state index contributed by atoms with van der Waals surface area (Å²) in [6.07, 6.45) is 3.63. The highest BCUT2D eigenvalue weighted by molar-refractivity contribution is 5.94. The van der Waals surface area contributed by atoms with Crippen molar-refractivity contribution < 1.29 is 14.3 Å². The van der Waals surface area contributed by atoms with E-state index in [9.17, 15) is 9.59 Å². The highest BCUT2D eigenvalue weighted by Gasteiger charge is 2.29. The van der Waals surface area contributed by atoms with Crippen LogP contribution in [0.25, 0.3) is 0 Å². The Morgan fingerprint density at radius 1 is 1.00 bits per heavy atom. The zero-order valence-electron chi connectivity index (χ0n) is 15.9. The number of nitrogens with one attached hydrogen (secondary N) is 2. The zero-order chi connectivity index (χ0) is 19.2. The third-order valence-corrected chi connectivity index (χ3v) is 4.68. The van der Waals surface area contributed by atoms with Crippen molar-refractivity contribution in [1.29, 1.82) is 0 Å². The lowest BCUT2D eigenvalue weighted by Crippen LogP contribution is -2.22. The number of para-hydroxylation sites is 1. The van der Waals surface area contributed by atoms with Crippen LogP contribution in [0.4, 0.5) is 11.4 Å². The molecule has 2 aromatic carbocycles. The van der Waals surface area contributed by atoms with Gasteiger partial charge in [-0.15, -0.1) is 0 Å². The fourth-order valence-corrected chi connectivity index (χ4v) is 2.98. The first kappa shape index (κ1) is 19.0. The largest absolute Gasteiger partial charge is 0.484 e. The molecule has 1 fully saturated rings. The van der Waals surface area contributed by atoms with Gasteiger partial charge in [0.15, 0.2) is 6.61 Å². The van der Waals surface area contributed by atoms with Crippen LogP contribution in [0.15, 0.2) is 42.5 Å². The maximum absolute atomic E-state index is 12.4. The number of benzene rings is 2. The van der Waals surface area contributed by atoms with Gasteiger partial charge >= 0.3 is 0 Å². The summed E-state index contributed by atoms with van der Waals surface area (Å²) in [5.74, 6) is 0.552. The van der Waals surface area contributed by atoms with Gasteiger partial charge in [0, 0.05) is 23.4 Å². The van der Waals surface area contributed by atoms with E-state index in [1.807, 2.05) is 24.3 Å². The van der Waals surface area contributed by atoms with Gasteiger partial charge in [-0.3, -0.25) is 9.59 Å². The molecule has 0 unspecified atom stereocenters. The molecule has 0 bridgehead atoms. The lowest BCUT2D eigenvalue weighted by atomic mass is 10.0. The topological polar surface area (TPSA) is 67.4 Å². The molecule has 2 aromatic rings. The first-order valence-electron chi connectivity index (χ1n) is 9.55. The molecule has 27 heavy (non-hydrogen) atoms. The van der Waals surface area contributed by atoms with E-state index >= 15 is 0 Å². The Bertz CT molecular complexity index is 806. The number of hydrogen-bond acceptors (Lipinski definition) is 3. The maximum Gasteiger partial charge on any atom is 0.262 e. The average molecular weight is 366 g/mol. The molecular weight excluding hydrogens is 340 g/mol. The minimum absolute atomic E-state index is 0.0492. The first-order valence-corrected chi connectivity index (χ1v) is 9.55. The van der Waals surface area contributed by atoms with E-state index in [1.165, 1.54) is 0 Å². The number of hydrogen-bond donors (Lipinski definition) is 2.